The number of nitrogens with zero attached hydrogens (tertiary/aromatic N) is 2. The van der Waals surface area contributed by atoms with Crippen LogP contribution in [0.4, 0.5) is 4.39 Å². The number of nitrogens with one attached hydrogen (secondary N) is 1. The second kappa shape index (κ2) is 7.12. The summed E-state index contributed by atoms with van der Waals surface area (Å²) in [7, 11) is 1.41. The minimum absolute atomic E-state index is 0.131. The predicted molar refractivity (Wildman–Crippen MR) is 88.6 cm³/mol. The lowest BCUT2D eigenvalue weighted by atomic mass is 10.1. The van der Waals surface area contributed by atoms with Crippen LogP contribution in [0, 0.1) is 5.82 Å². The Balaban J connectivity index is 1.51. The topological polar surface area (TPSA) is 55.6 Å². The number of halogens is 1. The number of amides is 1. The van der Waals surface area contributed by atoms with Crippen molar-refractivity contribution in [2.75, 3.05) is 13.7 Å². The fourth-order valence-corrected chi connectivity index (χ4v) is 2.51. The van der Waals surface area contributed by atoms with Gasteiger partial charge in [0.15, 0.2) is 11.6 Å². The second-order valence-corrected chi connectivity index (χ2v) is 5.44. The fraction of sp³-hybridized carbons (Fsp3) is 0.222. The summed E-state index contributed by atoms with van der Waals surface area (Å²) >= 11 is 0. The molecule has 1 amide bonds. The molecular formula is C18H18FN3O2. The van der Waals surface area contributed by atoms with E-state index in [2.05, 4.69) is 10.3 Å². The number of ether oxygens (including phenoxy) is 1. The quantitative estimate of drug-likeness (QED) is 0.756. The molecule has 5 nitrogen and oxygen atoms in total. The highest BCUT2D eigenvalue weighted by molar-refractivity contribution is 5.78. The number of fused-ring (bicyclic) bond motifs is 1. The van der Waals surface area contributed by atoms with E-state index in [1.165, 1.54) is 19.2 Å². The van der Waals surface area contributed by atoms with Gasteiger partial charge < -0.3 is 14.5 Å². The third kappa shape index (κ3) is 3.71. The Morgan fingerprint density at radius 1 is 1.33 bits per heavy atom. The van der Waals surface area contributed by atoms with Crippen LogP contribution in [0.1, 0.15) is 11.3 Å². The Morgan fingerprint density at radius 2 is 2.21 bits per heavy atom. The van der Waals surface area contributed by atoms with Gasteiger partial charge in [-0.1, -0.05) is 12.1 Å². The van der Waals surface area contributed by atoms with Crippen LogP contribution < -0.4 is 10.1 Å². The predicted octanol–water partition coefficient (Wildman–Crippen LogP) is 2.38. The number of pyridine rings is 1. The summed E-state index contributed by atoms with van der Waals surface area (Å²) in [6.07, 6.45) is 4.65. The molecule has 0 aliphatic carbocycles. The first kappa shape index (κ1) is 16.0. The van der Waals surface area contributed by atoms with Crippen LogP contribution in [0.25, 0.3) is 5.65 Å². The van der Waals surface area contributed by atoms with Gasteiger partial charge in [-0.2, -0.15) is 0 Å². The van der Waals surface area contributed by atoms with Gasteiger partial charge in [0.25, 0.3) is 0 Å². The highest BCUT2D eigenvalue weighted by atomic mass is 19.1. The third-order valence-corrected chi connectivity index (χ3v) is 3.70. The van der Waals surface area contributed by atoms with Crippen molar-refractivity contribution < 1.29 is 13.9 Å². The van der Waals surface area contributed by atoms with E-state index >= 15 is 0 Å². The zero-order chi connectivity index (χ0) is 16.9. The molecule has 0 aliphatic heterocycles. The molecule has 0 radical (unpaired) electrons. The molecule has 0 saturated carbocycles. The van der Waals surface area contributed by atoms with Gasteiger partial charge in [-0.3, -0.25) is 4.79 Å². The van der Waals surface area contributed by atoms with Crippen molar-refractivity contribution in [2.24, 2.45) is 0 Å². The molecule has 3 aromatic rings. The van der Waals surface area contributed by atoms with Gasteiger partial charge in [0, 0.05) is 25.4 Å². The van der Waals surface area contributed by atoms with Crippen molar-refractivity contribution in [1.82, 2.24) is 14.7 Å². The number of hydrogen-bond donors (Lipinski definition) is 1. The average Bonchev–Trinajstić information content (AvgIpc) is 2.97. The van der Waals surface area contributed by atoms with Crippen molar-refractivity contribution in [2.45, 2.75) is 12.8 Å². The lowest BCUT2D eigenvalue weighted by molar-refractivity contribution is -0.120. The molecule has 0 fully saturated rings. The number of aromatic nitrogens is 2. The first-order valence-corrected chi connectivity index (χ1v) is 7.67. The summed E-state index contributed by atoms with van der Waals surface area (Å²) in [5, 5.41) is 2.83. The molecule has 0 atom stereocenters. The number of rotatable bonds is 6. The zero-order valence-corrected chi connectivity index (χ0v) is 13.3. The largest absolute Gasteiger partial charge is 0.494 e. The smallest absolute Gasteiger partial charge is 0.224 e. The Bertz CT molecular complexity index is 827. The summed E-state index contributed by atoms with van der Waals surface area (Å²) in [5.74, 6) is -0.443. The summed E-state index contributed by atoms with van der Waals surface area (Å²) < 4.78 is 20.4. The first-order valence-electron chi connectivity index (χ1n) is 7.67. The normalized spacial score (nSPS) is 10.8. The summed E-state index contributed by atoms with van der Waals surface area (Å²) in [6, 6.07) is 10.3. The lowest BCUT2D eigenvalue weighted by Gasteiger charge is -2.06. The Labute approximate surface area is 139 Å². The number of benzene rings is 1. The molecule has 0 aliphatic rings. The number of imidazole rings is 1. The third-order valence-electron chi connectivity index (χ3n) is 3.70. The molecule has 6 heteroatoms. The highest BCUT2D eigenvalue weighted by Gasteiger charge is 2.08. The SMILES string of the molecule is COc1ccc(CC(=O)NCCc2cn3ccccc3n2)cc1F. The van der Waals surface area contributed by atoms with E-state index in [1.807, 2.05) is 35.0 Å². The van der Waals surface area contributed by atoms with E-state index in [0.29, 0.717) is 18.5 Å². The molecule has 0 spiro atoms. The highest BCUT2D eigenvalue weighted by Crippen LogP contribution is 2.17. The standard InChI is InChI=1S/C18H18FN3O2/c1-24-16-6-5-13(10-15(16)19)11-18(23)20-8-7-14-12-22-9-3-2-4-17(22)21-14/h2-6,9-10,12H,7-8,11H2,1H3,(H,20,23). The van der Waals surface area contributed by atoms with Crippen LogP contribution in [-0.2, 0) is 17.6 Å². The number of carbonyl (C=O) groups excluding carboxylic acids is 1. The maximum absolute atomic E-state index is 13.6. The first-order chi connectivity index (χ1) is 11.7. The van der Waals surface area contributed by atoms with Crippen molar-refractivity contribution in [3.05, 3.63) is 65.9 Å². The molecule has 2 aromatic heterocycles. The van der Waals surface area contributed by atoms with Gasteiger partial charge in [0.2, 0.25) is 5.91 Å². The van der Waals surface area contributed by atoms with Crippen molar-refractivity contribution in [1.29, 1.82) is 0 Å². The summed E-state index contributed by atoms with van der Waals surface area (Å²) in [6.45, 7) is 0.487. The summed E-state index contributed by atoms with van der Waals surface area (Å²) in [4.78, 5) is 16.4. The van der Waals surface area contributed by atoms with E-state index in [0.717, 1.165) is 11.3 Å². The van der Waals surface area contributed by atoms with Gasteiger partial charge in [-0.25, -0.2) is 9.37 Å². The second-order valence-electron chi connectivity index (χ2n) is 5.44. The van der Waals surface area contributed by atoms with E-state index in [-0.39, 0.29) is 18.1 Å². The van der Waals surface area contributed by atoms with Gasteiger partial charge in [-0.05, 0) is 29.8 Å². The molecule has 3 rings (SSSR count). The minimum atomic E-state index is -0.465. The van der Waals surface area contributed by atoms with E-state index in [9.17, 15) is 9.18 Å². The molecule has 0 bridgehead atoms. The lowest BCUT2D eigenvalue weighted by Crippen LogP contribution is -2.27. The summed E-state index contributed by atoms with van der Waals surface area (Å²) in [5.41, 5.74) is 2.41. The Kier molecular flexibility index (Phi) is 4.74. The molecule has 24 heavy (non-hydrogen) atoms. The van der Waals surface area contributed by atoms with Gasteiger partial charge in [0.05, 0.1) is 19.2 Å². The average molecular weight is 327 g/mol. The van der Waals surface area contributed by atoms with Crippen molar-refractivity contribution in [3.63, 3.8) is 0 Å². The maximum atomic E-state index is 13.6. The zero-order valence-electron chi connectivity index (χ0n) is 13.3. The molecular weight excluding hydrogens is 309 g/mol. The molecule has 1 aromatic carbocycles. The van der Waals surface area contributed by atoms with Crippen LogP contribution in [0.5, 0.6) is 5.75 Å². The van der Waals surface area contributed by atoms with E-state index in [1.54, 1.807) is 6.07 Å². The van der Waals surface area contributed by atoms with Crippen LogP contribution in [0.15, 0.2) is 48.8 Å². The molecule has 124 valence electrons. The van der Waals surface area contributed by atoms with Crippen molar-refractivity contribution in [3.8, 4) is 5.75 Å². The molecule has 0 unspecified atom stereocenters. The van der Waals surface area contributed by atoms with Gasteiger partial charge >= 0.3 is 0 Å². The van der Waals surface area contributed by atoms with Gasteiger partial charge in [0.1, 0.15) is 5.65 Å². The van der Waals surface area contributed by atoms with Crippen LogP contribution >= 0.6 is 0 Å². The molecule has 0 saturated heterocycles. The van der Waals surface area contributed by atoms with Crippen LogP contribution in [-0.4, -0.2) is 28.9 Å². The number of carbonyl (C=O) groups is 1. The molecule has 1 N–H and O–H groups in total. The number of hydrogen-bond acceptors (Lipinski definition) is 3. The van der Waals surface area contributed by atoms with Crippen LogP contribution in [0.3, 0.4) is 0 Å². The fourth-order valence-electron chi connectivity index (χ4n) is 2.51. The van der Waals surface area contributed by atoms with Crippen LogP contribution in [0.2, 0.25) is 0 Å². The molecule has 2 heterocycles. The van der Waals surface area contributed by atoms with Crippen molar-refractivity contribution >= 4 is 11.6 Å². The Hall–Kier alpha value is -2.89. The van der Waals surface area contributed by atoms with E-state index < -0.39 is 5.82 Å². The Morgan fingerprint density at radius 3 is 2.96 bits per heavy atom. The number of methoxy groups -OCH3 is 1. The van der Waals surface area contributed by atoms with Gasteiger partial charge in [-0.15, -0.1) is 0 Å². The maximum Gasteiger partial charge on any atom is 0.224 e. The monoisotopic (exact) mass is 327 g/mol. The minimum Gasteiger partial charge on any atom is -0.494 e. The van der Waals surface area contributed by atoms with E-state index in [4.69, 9.17) is 4.74 Å².